The highest BCUT2D eigenvalue weighted by Gasteiger charge is 2.61. The van der Waals surface area contributed by atoms with Gasteiger partial charge in [0.15, 0.2) is 0 Å². The predicted molar refractivity (Wildman–Crippen MR) is 121 cm³/mol. The Morgan fingerprint density at radius 3 is 2.68 bits per heavy atom. The Hall–Kier alpha value is -2.67. The highest BCUT2D eigenvalue weighted by Crippen LogP contribution is 2.55. The van der Waals surface area contributed by atoms with Gasteiger partial charge < -0.3 is 9.84 Å². The standard InChI is InChI=1S/C27H28F3NO3/c1-16-24-22(25(32)34-16)14-18-5-2-3-8-23(18)26(24,33)12-11-21-10-9-19(15-31-21)17-6-4-7-20(13-17)27(28,29)30/h4,6-7,9-13,15-16,18,22-24,33H,2-3,5,8,14H2,1H3/b12-11+/t16-,18+,22-,23-,24-,26-/m1/s1. The minimum Gasteiger partial charge on any atom is -0.462 e. The first-order valence-electron chi connectivity index (χ1n) is 11.9. The topological polar surface area (TPSA) is 59.4 Å². The molecule has 0 amide bonds. The lowest BCUT2D eigenvalue weighted by atomic mass is 9.55. The maximum atomic E-state index is 13.0. The van der Waals surface area contributed by atoms with Crippen molar-refractivity contribution < 1.29 is 27.8 Å². The van der Waals surface area contributed by atoms with Gasteiger partial charge in [0.1, 0.15) is 6.10 Å². The summed E-state index contributed by atoms with van der Waals surface area (Å²) in [6.45, 7) is 1.85. The van der Waals surface area contributed by atoms with Gasteiger partial charge in [-0.1, -0.05) is 43.5 Å². The fourth-order valence-electron chi connectivity index (χ4n) is 6.43. The molecule has 2 heterocycles. The fourth-order valence-corrected chi connectivity index (χ4v) is 6.43. The molecule has 1 N–H and O–H groups in total. The van der Waals surface area contributed by atoms with Crippen LogP contribution in [0, 0.1) is 23.7 Å². The molecular weight excluding hydrogens is 443 g/mol. The number of carbonyl (C=O) groups is 1. The second kappa shape index (κ2) is 8.52. The van der Waals surface area contributed by atoms with Crippen LogP contribution in [0.1, 0.15) is 50.3 Å². The molecule has 0 unspecified atom stereocenters. The highest BCUT2D eigenvalue weighted by atomic mass is 19.4. The van der Waals surface area contributed by atoms with Gasteiger partial charge in [-0.05, 0) is 61.4 Å². The third-order valence-corrected chi connectivity index (χ3v) is 7.97. The zero-order chi connectivity index (χ0) is 24.1. The van der Waals surface area contributed by atoms with Crippen LogP contribution in [0.4, 0.5) is 13.2 Å². The maximum absolute atomic E-state index is 13.0. The average molecular weight is 472 g/mol. The molecule has 2 aliphatic carbocycles. The summed E-state index contributed by atoms with van der Waals surface area (Å²) in [5.41, 5.74) is -0.257. The quantitative estimate of drug-likeness (QED) is 0.567. The molecule has 6 atom stereocenters. The number of alkyl halides is 3. The van der Waals surface area contributed by atoms with Crippen LogP contribution in [0.25, 0.3) is 17.2 Å². The van der Waals surface area contributed by atoms with Crippen molar-refractivity contribution in [3.05, 3.63) is 59.9 Å². The van der Waals surface area contributed by atoms with E-state index in [1.165, 1.54) is 12.3 Å². The lowest BCUT2D eigenvalue weighted by Crippen LogP contribution is -2.56. The number of benzene rings is 1. The number of hydrogen-bond donors (Lipinski definition) is 1. The highest BCUT2D eigenvalue weighted by molar-refractivity contribution is 5.76. The molecule has 5 rings (SSSR count). The van der Waals surface area contributed by atoms with Crippen molar-refractivity contribution in [2.24, 2.45) is 23.7 Å². The van der Waals surface area contributed by atoms with Crippen LogP contribution < -0.4 is 0 Å². The van der Waals surface area contributed by atoms with Crippen molar-refractivity contribution in [1.82, 2.24) is 4.98 Å². The minimum atomic E-state index is -4.40. The molecule has 0 radical (unpaired) electrons. The third-order valence-electron chi connectivity index (χ3n) is 7.97. The molecule has 0 bridgehead atoms. The summed E-state index contributed by atoms with van der Waals surface area (Å²) in [5, 5.41) is 12.0. The first kappa shape index (κ1) is 23.1. The van der Waals surface area contributed by atoms with Crippen LogP contribution in [0.15, 0.2) is 48.7 Å². The molecule has 7 heteroatoms. The van der Waals surface area contributed by atoms with Gasteiger partial charge in [0.25, 0.3) is 0 Å². The number of rotatable bonds is 3. The van der Waals surface area contributed by atoms with Crippen LogP contribution in [0.5, 0.6) is 0 Å². The molecule has 3 aliphatic rings. The second-order valence-corrected chi connectivity index (χ2v) is 9.93. The Balaban J connectivity index is 1.42. The number of cyclic esters (lactones) is 1. The van der Waals surface area contributed by atoms with E-state index < -0.39 is 17.3 Å². The van der Waals surface area contributed by atoms with Crippen LogP contribution in [-0.2, 0) is 15.7 Å². The summed E-state index contributed by atoms with van der Waals surface area (Å²) in [4.78, 5) is 16.9. The molecule has 1 aromatic heterocycles. The molecule has 1 aliphatic heterocycles. The molecule has 2 aromatic rings. The van der Waals surface area contributed by atoms with Crippen LogP contribution in [0.2, 0.25) is 0 Å². The summed E-state index contributed by atoms with van der Waals surface area (Å²) in [6, 6.07) is 8.61. The van der Waals surface area contributed by atoms with Gasteiger partial charge >= 0.3 is 12.1 Å². The van der Waals surface area contributed by atoms with E-state index in [1.807, 2.05) is 6.92 Å². The molecule has 34 heavy (non-hydrogen) atoms. The smallest absolute Gasteiger partial charge is 0.416 e. The van der Waals surface area contributed by atoms with Gasteiger partial charge in [-0.2, -0.15) is 13.2 Å². The lowest BCUT2D eigenvalue weighted by molar-refractivity contribution is -0.145. The van der Waals surface area contributed by atoms with Crippen LogP contribution in [0.3, 0.4) is 0 Å². The number of pyridine rings is 1. The van der Waals surface area contributed by atoms with E-state index in [9.17, 15) is 23.1 Å². The van der Waals surface area contributed by atoms with Crippen molar-refractivity contribution in [3.8, 4) is 11.1 Å². The number of aliphatic hydroxyl groups is 1. The number of aromatic nitrogens is 1. The van der Waals surface area contributed by atoms with E-state index in [4.69, 9.17) is 4.74 Å². The van der Waals surface area contributed by atoms with Gasteiger partial charge in [0.2, 0.25) is 0 Å². The second-order valence-electron chi connectivity index (χ2n) is 9.93. The zero-order valence-corrected chi connectivity index (χ0v) is 19.0. The van der Waals surface area contributed by atoms with Crippen LogP contribution >= 0.6 is 0 Å². The maximum Gasteiger partial charge on any atom is 0.416 e. The number of fused-ring (bicyclic) bond motifs is 2. The average Bonchev–Trinajstić information content (AvgIpc) is 3.11. The monoisotopic (exact) mass is 471 g/mol. The van der Waals surface area contributed by atoms with Gasteiger partial charge in [0.05, 0.1) is 22.8 Å². The SMILES string of the molecule is C[C@H]1OC(=O)[C@@H]2C[C@@H]3CCCC[C@H]3[C@](O)(/C=C/c3ccc(-c4cccc(C(F)(F)F)c4)cn3)[C@H]12. The number of nitrogens with zero attached hydrogens (tertiary/aromatic N) is 1. The molecule has 1 aromatic carbocycles. The number of halogens is 3. The number of ether oxygens (including phenoxy) is 1. The predicted octanol–water partition coefficient (Wildman–Crippen LogP) is 5.90. The molecule has 2 saturated carbocycles. The van der Waals surface area contributed by atoms with Crippen molar-refractivity contribution in [1.29, 1.82) is 0 Å². The van der Waals surface area contributed by atoms with E-state index in [0.29, 0.717) is 22.7 Å². The zero-order valence-electron chi connectivity index (χ0n) is 19.0. The van der Waals surface area contributed by atoms with E-state index in [2.05, 4.69) is 4.98 Å². The molecular formula is C27H28F3NO3. The summed E-state index contributed by atoms with van der Waals surface area (Å²) < 4.78 is 44.7. The number of carbonyl (C=O) groups excluding carboxylic acids is 1. The molecule has 4 nitrogen and oxygen atoms in total. The summed E-state index contributed by atoms with van der Waals surface area (Å²) in [6.07, 6.45) is 5.20. The summed E-state index contributed by atoms with van der Waals surface area (Å²) in [5.74, 6) is -0.434. The normalized spacial score (nSPS) is 33.4. The molecule has 3 fully saturated rings. The van der Waals surface area contributed by atoms with E-state index in [1.54, 1.807) is 30.4 Å². The number of hydrogen-bond acceptors (Lipinski definition) is 4. The third kappa shape index (κ3) is 4.04. The Morgan fingerprint density at radius 1 is 1.15 bits per heavy atom. The molecule has 1 saturated heterocycles. The minimum absolute atomic E-state index is 0.0695. The van der Waals surface area contributed by atoms with E-state index >= 15 is 0 Å². The van der Waals surface area contributed by atoms with Crippen molar-refractivity contribution in [3.63, 3.8) is 0 Å². The van der Waals surface area contributed by atoms with Crippen molar-refractivity contribution in [2.45, 2.75) is 56.9 Å². The van der Waals surface area contributed by atoms with Gasteiger partial charge in [-0.3, -0.25) is 9.78 Å². The number of esters is 1. The Kier molecular flexibility index (Phi) is 5.79. The lowest BCUT2D eigenvalue weighted by Gasteiger charge is -2.51. The summed E-state index contributed by atoms with van der Waals surface area (Å²) in [7, 11) is 0. The Bertz CT molecular complexity index is 1100. The van der Waals surface area contributed by atoms with Crippen LogP contribution in [-0.4, -0.2) is 27.8 Å². The first-order valence-corrected chi connectivity index (χ1v) is 11.9. The molecule has 180 valence electrons. The van der Waals surface area contributed by atoms with E-state index in [0.717, 1.165) is 44.2 Å². The Morgan fingerprint density at radius 2 is 1.94 bits per heavy atom. The summed E-state index contributed by atoms with van der Waals surface area (Å²) >= 11 is 0. The Labute approximate surface area is 196 Å². The largest absolute Gasteiger partial charge is 0.462 e. The fraction of sp³-hybridized carbons (Fsp3) is 0.481. The van der Waals surface area contributed by atoms with E-state index in [-0.39, 0.29) is 29.8 Å². The molecule has 0 spiro atoms. The van der Waals surface area contributed by atoms with Crippen molar-refractivity contribution >= 4 is 12.0 Å². The first-order chi connectivity index (χ1) is 16.2. The van der Waals surface area contributed by atoms with Gasteiger partial charge in [-0.25, -0.2) is 0 Å². The van der Waals surface area contributed by atoms with Gasteiger partial charge in [-0.15, -0.1) is 0 Å². The van der Waals surface area contributed by atoms with Gasteiger partial charge in [0, 0.05) is 17.7 Å². The van der Waals surface area contributed by atoms with Crippen molar-refractivity contribution in [2.75, 3.05) is 0 Å².